The molecule has 0 amide bonds. The van der Waals surface area contributed by atoms with E-state index in [2.05, 4.69) is 10.0 Å². The maximum absolute atomic E-state index is 8.60. The average molecular weight is 233 g/mol. The summed E-state index contributed by atoms with van der Waals surface area (Å²) in [7, 11) is 0. The molecule has 1 rings (SSSR count). The van der Waals surface area contributed by atoms with Gasteiger partial charge in [0.15, 0.2) is 0 Å². The lowest BCUT2D eigenvalue weighted by Crippen LogP contribution is -2.01. The number of rotatable bonds is 7. The number of hydrogen-bond acceptors (Lipinski definition) is 3. The van der Waals surface area contributed by atoms with Crippen LogP contribution in [0.3, 0.4) is 0 Å². The second kappa shape index (κ2) is 8.21. The van der Waals surface area contributed by atoms with E-state index >= 15 is 0 Å². The first-order chi connectivity index (χ1) is 8.36. The minimum atomic E-state index is 0.0149. The fraction of sp³-hybridized carbons (Fsp3) is 0.333. The van der Waals surface area contributed by atoms with Crippen molar-refractivity contribution in [1.82, 2.24) is 0 Å². The van der Waals surface area contributed by atoms with Crippen molar-refractivity contribution in [3.05, 3.63) is 46.3 Å². The third kappa shape index (κ3) is 5.61. The molecule has 0 saturated heterocycles. The van der Waals surface area contributed by atoms with Gasteiger partial charge < -0.3 is 9.84 Å². The van der Waals surface area contributed by atoms with Crippen molar-refractivity contribution >= 4 is 6.08 Å². The summed E-state index contributed by atoms with van der Waals surface area (Å²) >= 11 is 0. The molecule has 0 fully saturated rings. The lowest BCUT2D eigenvalue weighted by Gasteiger charge is -2.03. The Balaban J connectivity index is 2.41. The topological polar surface area (TPSA) is 78.2 Å². The van der Waals surface area contributed by atoms with Gasteiger partial charge in [-0.15, -0.1) is 0 Å². The van der Waals surface area contributed by atoms with Crippen molar-refractivity contribution < 1.29 is 9.84 Å². The summed E-state index contributed by atoms with van der Waals surface area (Å²) in [5.41, 5.74) is 9.14. The van der Waals surface area contributed by atoms with E-state index in [1.165, 1.54) is 0 Å². The fourth-order valence-corrected chi connectivity index (χ4v) is 1.24. The molecule has 5 heteroatoms. The Hall–Kier alpha value is -1.97. The van der Waals surface area contributed by atoms with E-state index < -0.39 is 0 Å². The molecule has 17 heavy (non-hydrogen) atoms. The van der Waals surface area contributed by atoms with Crippen molar-refractivity contribution in [2.75, 3.05) is 19.8 Å². The molecule has 0 radical (unpaired) electrons. The highest BCUT2D eigenvalue weighted by atomic mass is 16.5. The van der Waals surface area contributed by atoms with E-state index in [9.17, 15) is 0 Å². The molecular weight excluding hydrogens is 218 g/mol. The number of ether oxygens (including phenoxy) is 1. The fourth-order valence-electron chi connectivity index (χ4n) is 1.24. The van der Waals surface area contributed by atoms with Gasteiger partial charge in [-0.3, -0.25) is 0 Å². The molecule has 0 spiro atoms. The van der Waals surface area contributed by atoms with Crippen LogP contribution in [0.5, 0.6) is 5.75 Å². The van der Waals surface area contributed by atoms with E-state index in [1.54, 1.807) is 0 Å². The summed E-state index contributed by atoms with van der Waals surface area (Å²) < 4.78 is 5.24. The number of aliphatic hydroxyl groups excluding tert-OH is 1. The highest BCUT2D eigenvalue weighted by Gasteiger charge is 1.92. The normalized spacial score (nSPS) is 10.2. The van der Waals surface area contributed by atoms with Gasteiger partial charge in [0.2, 0.25) is 0 Å². The predicted molar refractivity (Wildman–Crippen MR) is 66.7 cm³/mol. The van der Waals surface area contributed by atoms with Crippen molar-refractivity contribution in [1.29, 1.82) is 0 Å². The van der Waals surface area contributed by atoms with Gasteiger partial charge in [0, 0.05) is 11.5 Å². The van der Waals surface area contributed by atoms with Crippen LogP contribution in [-0.2, 0) is 0 Å². The molecule has 5 nitrogen and oxygen atoms in total. The molecule has 0 unspecified atom stereocenters. The molecule has 0 saturated carbocycles. The third-order valence-electron chi connectivity index (χ3n) is 2.01. The summed E-state index contributed by atoms with van der Waals surface area (Å²) in [5.74, 6) is 0.741. The Labute approximate surface area is 100.0 Å². The minimum Gasteiger partial charge on any atom is -0.491 e. The van der Waals surface area contributed by atoms with Crippen molar-refractivity contribution in [3.63, 3.8) is 0 Å². The zero-order chi connectivity index (χ0) is 12.3. The van der Waals surface area contributed by atoms with Gasteiger partial charge >= 0.3 is 0 Å². The molecule has 90 valence electrons. The second-order valence-corrected chi connectivity index (χ2v) is 3.29. The molecule has 0 heterocycles. The minimum absolute atomic E-state index is 0.0149. The first-order valence-corrected chi connectivity index (χ1v) is 5.38. The van der Waals surface area contributed by atoms with Gasteiger partial charge in [0.05, 0.1) is 6.61 Å². The first-order valence-electron chi connectivity index (χ1n) is 5.38. The molecule has 0 bridgehead atoms. The van der Waals surface area contributed by atoms with Gasteiger partial charge in [-0.2, -0.15) is 0 Å². The van der Waals surface area contributed by atoms with Crippen molar-refractivity contribution in [2.24, 2.45) is 5.11 Å². The summed E-state index contributed by atoms with van der Waals surface area (Å²) in [6.07, 6.45) is 4.65. The van der Waals surface area contributed by atoms with E-state index in [0.29, 0.717) is 13.2 Å². The number of hydrogen-bond donors (Lipinski definition) is 1. The zero-order valence-electron chi connectivity index (χ0n) is 9.49. The van der Waals surface area contributed by atoms with Crippen molar-refractivity contribution in [2.45, 2.75) is 6.42 Å². The van der Waals surface area contributed by atoms with Crippen LogP contribution >= 0.6 is 0 Å². The molecule has 0 aromatic heterocycles. The van der Waals surface area contributed by atoms with Crippen LogP contribution in [-0.4, -0.2) is 24.9 Å². The molecular formula is C12H15N3O2. The van der Waals surface area contributed by atoms with Crippen LogP contribution in [0.2, 0.25) is 0 Å². The van der Waals surface area contributed by atoms with Gasteiger partial charge in [-0.1, -0.05) is 29.4 Å². The molecule has 0 aliphatic carbocycles. The first kappa shape index (κ1) is 13.1. The summed E-state index contributed by atoms with van der Waals surface area (Å²) in [6.45, 7) is 0.799. The summed E-state index contributed by atoms with van der Waals surface area (Å²) in [4.78, 5) is 2.67. The number of benzene rings is 1. The van der Waals surface area contributed by atoms with E-state index in [4.69, 9.17) is 15.4 Å². The number of azide groups is 1. The molecule has 0 atom stereocenters. The van der Waals surface area contributed by atoms with Crippen LogP contribution in [0.1, 0.15) is 12.0 Å². The van der Waals surface area contributed by atoms with Gasteiger partial charge in [0.25, 0.3) is 0 Å². The Morgan fingerprint density at radius 1 is 1.35 bits per heavy atom. The van der Waals surface area contributed by atoms with E-state index in [1.807, 2.05) is 36.4 Å². The second-order valence-electron chi connectivity index (χ2n) is 3.29. The Morgan fingerprint density at radius 2 is 2.12 bits per heavy atom. The van der Waals surface area contributed by atoms with Crippen LogP contribution in [0, 0.1) is 0 Å². The van der Waals surface area contributed by atoms with Crippen LogP contribution in [0.25, 0.3) is 16.5 Å². The molecule has 1 aromatic carbocycles. The van der Waals surface area contributed by atoms with Crippen molar-refractivity contribution in [3.8, 4) is 5.75 Å². The SMILES string of the molecule is [N-]=[N+]=NCCC=Cc1ccc(OCCO)cc1. The average Bonchev–Trinajstić information content (AvgIpc) is 2.37. The Bertz CT molecular complexity index is 395. The van der Waals surface area contributed by atoms with Crippen LogP contribution in [0.4, 0.5) is 0 Å². The maximum Gasteiger partial charge on any atom is 0.119 e. The number of aliphatic hydroxyl groups is 1. The Morgan fingerprint density at radius 3 is 2.76 bits per heavy atom. The van der Waals surface area contributed by atoms with Gasteiger partial charge in [-0.25, -0.2) is 0 Å². The van der Waals surface area contributed by atoms with Crippen LogP contribution in [0.15, 0.2) is 35.5 Å². The quantitative estimate of drug-likeness (QED) is 0.340. The highest BCUT2D eigenvalue weighted by molar-refractivity contribution is 5.50. The molecule has 0 aliphatic heterocycles. The lowest BCUT2D eigenvalue weighted by atomic mass is 10.2. The van der Waals surface area contributed by atoms with Gasteiger partial charge in [-0.05, 0) is 29.6 Å². The monoisotopic (exact) mass is 233 g/mol. The standard InChI is InChI=1S/C12H15N3O2/c13-15-14-8-2-1-3-11-4-6-12(7-5-11)17-10-9-16/h1,3-7,16H,2,8-10H2. The summed E-state index contributed by atoms with van der Waals surface area (Å²) in [5, 5.41) is 12.0. The third-order valence-corrected chi connectivity index (χ3v) is 2.01. The van der Waals surface area contributed by atoms with E-state index in [-0.39, 0.29) is 6.61 Å². The Kier molecular flexibility index (Phi) is 6.33. The highest BCUT2D eigenvalue weighted by Crippen LogP contribution is 2.13. The number of nitrogens with zero attached hydrogens (tertiary/aromatic N) is 3. The van der Waals surface area contributed by atoms with Crippen LogP contribution < -0.4 is 4.74 Å². The summed E-state index contributed by atoms with van der Waals surface area (Å²) in [6, 6.07) is 7.55. The smallest absolute Gasteiger partial charge is 0.119 e. The van der Waals surface area contributed by atoms with E-state index in [0.717, 1.165) is 17.7 Å². The zero-order valence-corrected chi connectivity index (χ0v) is 9.49. The molecule has 1 N–H and O–H groups in total. The molecule has 0 aliphatic rings. The maximum atomic E-state index is 8.60. The molecule has 1 aromatic rings. The predicted octanol–water partition coefficient (Wildman–Crippen LogP) is 2.77. The largest absolute Gasteiger partial charge is 0.491 e. The van der Waals surface area contributed by atoms with Gasteiger partial charge in [0.1, 0.15) is 12.4 Å². The lowest BCUT2D eigenvalue weighted by molar-refractivity contribution is 0.201.